The average Bonchev–Trinajstić information content (AvgIpc) is 2.78. The summed E-state index contributed by atoms with van der Waals surface area (Å²) >= 11 is 0. The van der Waals surface area contributed by atoms with Crippen molar-refractivity contribution in [3.63, 3.8) is 0 Å². The second-order valence-electron chi connectivity index (χ2n) is 6.39. The van der Waals surface area contributed by atoms with Crippen LogP contribution in [0.4, 0.5) is 0 Å². The third kappa shape index (κ3) is 4.95. The van der Waals surface area contributed by atoms with Gasteiger partial charge in [0.2, 0.25) is 0 Å². The van der Waals surface area contributed by atoms with E-state index in [0.29, 0.717) is 18.6 Å². The molecule has 2 rings (SSSR count). The van der Waals surface area contributed by atoms with E-state index in [-0.39, 0.29) is 0 Å². The molecule has 0 bridgehead atoms. The Labute approximate surface area is 123 Å². The Morgan fingerprint density at radius 1 is 1.30 bits per heavy atom. The highest BCUT2D eigenvalue weighted by atomic mass is 16.5. The van der Waals surface area contributed by atoms with Crippen molar-refractivity contribution in [1.29, 1.82) is 0 Å². The summed E-state index contributed by atoms with van der Waals surface area (Å²) in [7, 11) is 0. The molecule has 3 nitrogen and oxygen atoms in total. The fourth-order valence-electron chi connectivity index (χ4n) is 2.74. The third-order valence-corrected chi connectivity index (χ3v) is 3.95. The van der Waals surface area contributed by atoms with Gasteiger partial charge in [-0.15, -0.1) is 0 Å². The van der Waals surface area contributed by atoms with Gasteiger partial charge in [-0.05, 0) is 38.3 Å². The normalized spacial score (nSPS) is 17.0. The first kappa shape index (κ1) is 15.6. The maximum absolute atomic E-state index is 6.03. The molecule has 1 heterocycles. The fraction of sp³-hybridized carbons (Fsp3) is 0.765. The van der Waals surface area contributed by atoms with Gasteiger partial charge in [0.15, 0.2) is 0 Å². The van der Waals surface area contributed by atoms with E-state index in [1.807, 2.05) is 6.92 Å². The zero-order chi connectivity index (χ0) is 14.4. The Bertz CT molecular complexity index is 392. The van der Waals surface area contributed by atoms with E-state index < -0.39 is 0 Å². The number of aryl methyl sites for hydroxylation is 1. The highest BCUT2D eigenvalue weighted by Crippen LogP contribution is 2.23. The molecule has 1 aliphatic rings. The van der Waals surface area contributed by atoms with Gasteiger partial charge in [-0.3, -0.25) is 0 Å². The van der Waals surface area contributed by atoms with Gasteiger partial charge in [-0.2, -0.15) is 0 Å². The predicted molar refractivity (Wildman–Crippen MR) is 81.7 cm³/mol. The molecule has 0 saturated heterocycles. The summed E-state index contributed by atoms with van der Waals surface area (Å²) in [6.45, 7) is 8.99. The smallest absolute Gasteiger partial charge is 0.118 e. The number of hydrogen-bond donors (Lipinski definition) is 1. The fourth-order valence-corrected chi connectivity index (χ4v) is 2.74. The Morgan fingerprint density at radius 2 is 2.05 bits per heavy atom. The molecule has 0 aliphatic heterocycles. The van der Waals surface area contributed by atoms with E-state index in [1.54, 1.807) is 0 Å². The number of nitrogens with one attached hydrogen (secondary N) is 1. The van der Waals surface area contributed by atoms with Crippen molar-refractivity contribution in [2.75, 3.05) is 6.54 Å². The number of furan rings is 1. The minimum Gasteiger partial charge on any atom is -0.465 e. The highest BCUT2D eigenvalue weighted by Gasteiger charge is 2.15. The third-order valence-electron chi connectivity index (χ3n) is 3.95. The Balaban J connectivity index is 1.77. The average molecular weight is 279 g/mol. The molecule has 0 atom stereocenters. The van der Waals surface area contributed by atoms with E-state index in [2.05, 4.69) is 25.2 Å². The van der Waals surface area contributed by atoms with Gasteiger partial charge in [0.05, 0.1) is 19.3 Å². The van der Waals surface area contributed by atoms with Crippen LogP contribution >= 0.6 is 0 Å². The molecule has 1 N–H and O–H groups in total. The number of rotatable bonds is 7. The predicted octanol–water partition coefficient (Wildman–Crippen LogP) is 4.18. The van der Waals surface area contributed by atoms with Crippen LogP contribution in [0.15, 0.2) is 10.5 Å². The minimum absolute atomic E-state index is 0.459. The van der Waals surface area contributed by atoms with Crippen LogP contribution in [0.1, 0.15) is 63.0 Å². The van der Waals surface area contributed by atoms with Crippen LogP contribution in [0.2, 0.25) is 0 Å². The molecule has 0 aromatic carbocycles. The molecular formula is C17H29NO2. The van der Waals surface area contributed by atoms with Crippen LogP contribution in [-0.2, 0) is 17.9 Å². The van der Waals surface area contributed by atoms with Crippen molar-refractivity contribution in [2.24, 2.45) is 5.92 Å². The van der Waals surface area contributed by atoms with E-state index in [0.717, 1.165) is 24.6 Å². The van der Waals surface area contributed by atoms with Gasteiger partial charge in [-0.25, -0.2) is 0 Å². The molecule has 0 radical (unpaired) electrons. The summed E-state index contributed by atoms with van der Waals surface area (Å²) in [5.74, 6) is 2.69. The number of ether oxygens (including phenoxy) is 1. The first-order valence-corrected chi connectivity index (χ1v) is 8.05. The summed E-state index contributed by atoms with van der Waals surface area (Å²) in [6, 6.07) is 2.14. The van der Waals surface area contributed by atoms with Crippen LogP contribution in [-0.4, -0.2) is 12.6 Å². The van der Waals surface area contributed by atoms with E-state index in [9.17, 15) is 0 Å². The summed E-state index contributed by atoms with van der Waals surface area (Å²) in [4.78, 5) is 0. The van der Waals surface area contributed by atoms with Gasteiger partial charge in [0, 0.05) is 5.56 Å². The first-order valence-electron chi connectivity index (χ1n) is 8.05. The summed E-state index contributed by atoms with van der Waals surface area (Å²) in [5.41, 5.74) is 1.21. The molecule has 0 unspecified atom stereocenters. The zero-order valence-corrected chi connectivity index (χ0v) is 13.2. The van der Waals surface area contributed by atoms with Crippen molar-refractivity contribution in [2.45, 2.75) is 72.1 Å². The van der Waals surface area contributed by atoms with Crippen LogP contribution in [0.5, 0.6) is 0 Å². The van der Waals surface area contributed by atoms with Crippen molar-refractivity contribution >= 4 is 0 Å². The van der Waals surface area contributed by atoms with Crippen LogP contribution in [0.25, 0.3) is 0 Å². The Kier molecular flexibility index (Phi) is 6.11. The molecule has 1 fully saturated rings. The topological polar surface area (TPSA) is 34.4 Å². The molecular weight excluding hydrogens is 250 g/mol. The van der Waals surface area contributed by atoms with Gasteiger partial charge in [0.1, 0.15) is 11.5 Å². The van der Waals surface area contributed by atoms with E-state index >= 15 is 0 Å². The van der Waals surface area contributed by atoms with Crippen molar-refractivity contribution in [3.05, 3.63) is 23.2 Å². The lowest BCUT2D eigenvalue weighted by molar-refractivity contribution is 0.0164. The lowest BCUT2D eigenvalue weighted by Gasteiger charge is -2.21. The van der Waals surface area contributed by atoms with E-state index in [4.69, 9.17) is 9.15 Å². The first-order chi connectivity index (χ1) is 9.65. The maximum atomic E-state index is 6.03. The van der Waals surface area contributed by atoms with Crippen molar-refractivity contribution < 1.29 is 9.15 Å². The van der Waals surface area contributed by atoms with Crippen LogP contribution < -0.4 is 5.32 Å². The molecule has 0 spiro atoms. The SMILES string of the molecule is Cc1oc(CNCC(C)C)cc1COC1CCCCC1. The summed E-state index contributed by atoms with van der Waals surface area (Å²) in [5, 5.41) is 3.41. The molecule has 0 amide bonds. The Hall–Kier alpha value is -0.800. The van der Waals surface area contributed by atoms with Crippen LogP contribution in [0.3, 0.4) is 0 Å². The standard InChI is InChI=1S/C17H29NO2/c1-13(2)10-18-11-17-9-15(14(3)20-17)12-19-16-7-5-4-6-8-16/h9,13,16,18H,4-8,10-12H2,1-3H3. The summed E-state index contributed by atoms with van der Waals surface area (Å²) < 4.78 is 11.8. The van der Waals surface area contributed by atoms with Crippen LogP contribution in [0, 0.1) is 12.8 Å². The highest BCUT2D eigenvalue weighted by molar-refractivity contribution is 5.20. The zero-order valence-electron chi connectivity index (χ0n) is 13.2. The van der Waals surface area contributed by atoms with Gasteiger partial charge in [-0.1, -0.05) is 33.1 Å². The number of hydrogen-bond acceptors (Lipinski definition) is 3. The molecule has 3 heteroatoms. The quantitative estimate of drug-likeness (QED) is 0.813. The monoisotopic (exact) mass is 279 g/mol. The van der Waals surface area contributed by atoms with Crippen molar-refractivity contribution in [1.82, 2.24) is 5.32 Å². The van der Waals surface area contributed by atoms with Gasteiger partial charge in [0.25, 0.3) is 0 Å². The lowest BCUT2D eigenvalue weighted by Crippen LogP contribution is -2.18. The van der Waals surface area contributed by atoms with Crippen molar-refractivity contribution in [3.8, 4) is 0 Å². The molecule has 1 aromatic rings. The lowest BCUT2D eigenvalue weighted by atomic mass is 9.98. The second-order valence-corrected chi connectivity index (χ2v) is 6.39. The van der Waals surface area contributed by atoms with Gasteiger partial charge < -0.3 is 14.5 Å². The molecule has 20 heavy (non-hydrogen) atoms. The molecule has 114 valence electrons. The molecule has 1 saturated carbocycles. The van der Waals surface area contributed by atoms with Gasteiger partial charge >= 0.3 is 0 Å². The minimum atomic E-state index is 0.459. The Morgan fingerprint density at radius 3 is 2.75 bits per heavy atom. The maximum Gasteiger partial charge on any atom is 0.118 e. The molecule has 1 aliphatic carbocycles. The second kappa shape index (κ2) is 7.84. The summed E-state index contributed by atoms with van der Waals surface area (Å²) in [6.07, 6.45) is 6.91. The largest absolute Gasteiger partial charge is 0.465 e. The molecule has 1 aromatic heterocycles. The van der Waals surface area contributed by atoms with E-state index in [1.165, 1.54) is 37.7 Å².